The topological polar surface area (TPSA) is 50.1 Å². The van der Waals surface area contributed by atoms with E-state index in [1.807, 2.05) is 6.92 Å². The molecule has 2 rings (SSSR count). The van der Waals surface area contributed by atoms with E-state index < -0.39 is 5.82 Å². The second kappa shape index (κ2) is 6.43. The van der Waals surface area contributed by atoms with Crippen molar-refractivity contribution in [3.05, 3.63) is 46.0 Å². The van der Waals surface area contributed by atoms with Gasteiger partial charge in [-0.05, 0) is 24.6 Å². The number of halogens is 3. The largest absolute Gasteiger partial charge is 0.394 e. The summed E-state index contributed by atoms with van der Waals surface area (Å²) in [5.74, 6) is -0.504. The van der Waals surface area contributed by atoms with Gasteiger partial charge in [0.05, 0.1) is 36.1 Å². The third-order valence-electron chi connectivity index (χ3n) is 2.85. The average Bonchev–Trinajstić information content (AvgIpc) is 2.81. The first-order valence-corrected chi connectivity index (χ1v) is 6.81. The smallest absolute Gasteiger partial charge is 0.142 e. The molecule has 0 fully saturated rings. The van der Waals surface area contributed by atoms with Gasteiger partial charge in [-0.2, -0.15) is 5.10 Å². The molecule has 0 aliphatic carbocycles. The molecule has 1 aromatic heterocycles. The third-order valence-corrected chi connectivity index (χ3v) is 3.47. The maximum absolute atomic E-state index is 13.5. The van der Waals surface area contributed by atoms with E-state index in [1.165, 1.54) is 12.1 Å². The van der Waals surface area contributed by atoms with Crippen LogP contribution < -0.4 is 5.32 Å². The fourth-order valence-corrected chi connectivity index (χ4v) is 2.41. The summed E-state index contributed by atoms with van der Waals surface area (Å²) in [6, 6.07) is 2.50. The lowest BCUT2D eigenvalue weighted by atomic mass is 10.1. The monoisotopic (exact) mass is 317 g/mol. The Balaban J connectivity index is 2.14. The van der Waals surface area contributed by atoms with Gasteiger partial charge in [0.1, 0.15) is 5.82 Å². The van der Waals surface area contributed by atoms with Gasteiger partial charge in [0, 0.05) is 11.2 Å². The number of rotatable bonds is 5. The summed E-state index contributed by atoms with van der Waals surface area (Å²) in [6.45, 7) is 2.30. The van der Waals surface area contributed by atoms with E-state index in [1.54, 1.807) is 17.1 Å². The predicted molar refractivity (Wildman–Crippen MR) is 77.8 cm³/mol. The summed E-state index contributed by atoms with van der Waals surface area (Å²) in [6.07, 6.45) is 3.39. The number of nitrogens with zero attached hydrogens (tertiary/aromatic N) is 2. The van der Waals surface area contributed by atoms with Gasteiger partial charge in [0.15, 0.2) is 0 Å². The SMILES string of the molecule is CC(Nc1cnn(CCO)c1)c1cc(F)c(Cl)cc1Cl. The standard InChI is InChI=1S/C13H14Cl2FN3O/c1-8(10-4-13(16)12(15)5-11(10)14)18-9-6-17-19(7-9)2-3-20/h4-8,18,20H,2-3H2,1H3. The second-order valence-corrected chi connectivity index (χ2v) is 5.18. The lowest BCUT2D eigenvalue weighted by Gasteiger charge is -2.16. The zero-order valence-electron chi connectivity index (χ0n) is 10.8. The molecular formula is C13H14Cl2FN3O. The molecule has 0 spiro atoms. The Hall–Kier alpha value is -1.30. The number of anilines is 1. The summed E-state index contributed by atoms with van der Waals surface area (Å²) < 4.78 is 15.1. The molecule has 2 aromatic rings. The first-order chi connectivity index (χ1) is 9.51. The molecule has 7 heteroatoms. The van der Waals surface area contributed by atoms with Gasteiger partial charge in [-0.3, -0.25) is 4.68 Å². The molecule has 0 bridgehead atoms. The normalized spacial score (nSPS) is 12.4. The predicted octanol–water partition coefficient (Wildman–Crippen LogP) is 3.49. The van der Waals surface area contributed by atoms with Crippen LogP contribution in [-0.4, -0.2) is 21.5 Å². The van der Waals surface area contributed by atoms with Gasteiger partial charge in [0.25, 0.3) is 0 Å². The van der Waals surface area contributed by atoms with Crippen LogP contribution in [-0.2, 0) is 6.54 Å². The van der Waals surface area contributed by atoms with Crippen molar-refractivity contribution in [2.24, 2.45) is 0 Å². The number of hydrogen-bond donors (Lipinski definition) is 2. The van der Waals surface area contributed by atoms with Crippen LogP contribution in [0.4, 0.5) is 10.1 Å². The summed E-state index contributed by atoms with van der Waals surface area (Å²) in [7, 11) is 0. The van der Waals surface area contributed by atoms with E-state index in [0.29, 0.717) is 17.1 Å². The number of benzene rings is 1. The van der Waals surface area contributed by atoms with Crippen LogP contribution in [0.3, 0.4) is 0 Å². The Morgan fingerprint density at radius 1 is 1.40 bits per heavy atom. The van der Waals surface area contributed by atoms with Crippen LogP contribution in [0.25, 0.3) is 0 Å². The van der Waals surface area contributed by atoms with Gasteiger partial charge >= 0.3 is 0 Å². The van der Waals surface area contributed by atoms with E-state index in [9.17, 15) is 4.39 Å². The fourth-order valence-electron chi connectivity index (χ4n) is 1.86. The quantitative estimate of drug-likeness (QED) is 0.830. The third kappa shape index (κ3) is 3.42. The Morgan fingerprint density at radius 2 is 2.15 bits per heavy atom. The zero-order valence-corrected chi connectivity index (χ0v) is 12.3. The van der Waals surface area contributed by atoms with E-state index >= 15 is 0 Å². The molecule has 1 atom stereocenters. The maximum Gasteiger partial charge on any atom is 0.142 e. The minimum absolute atomic E-state index is 0.00159. The highest BCUT2D eigenvalue weighted by Gasteiger charge is 2.14. The van der Waals surface area contributed by atoms with Gasteiger partial charge in [-0.25, -0.2) is 4.39 Å². The second-order valence-electron chi connectivity index (χ2n) is 4.37. The van der Waals surface area contributed by atoms with Gasteiger partial charge in [0.2, 0.25) is 0 Å². The van der Waals surface area contributed by atoms with E-state index in [2.05, 4.69) is 10.4 Å². The molecule has 0 amide bonds. The summed E-state index contributed by atoms with van der Waals surface area (Å²) in [4.78, 5) is 0. The van der Waals surface area contributed by atoms with E-state index in [4.69, 9.17) is 28.3 Å². The molecule has 108 valence electrons. The van der Waals surface area contributed by atoms with Crippen molar-refractivity contribution in [1.29, 1.82) is 0 Å². The highest BCUT2D eigenvalue weighted by Crippen LogP contribution is 2.30. The van der Waals surface area contributed by atoms with Crippen molar-refractivity contribution in [2.75, 3.05) is 11.9 Å². The maximum atomic E-state index is 13.5. The minimum atomic E-state index is -0.504. The molecule has 20 heavy (non-hydrogen) atoms. The number of nitrogens with one attached hydrogen (secondary N) is 1. The van der Waals surface area contributed by atoms with Crippen molar-refractivity contribution in [3.8, 4) is 0 Å². The molecule has 2 N–H and O–H groups in total. The van der Waals surface area contributed by atoms with E-state index in [0.717, 1.165) is 5.69 Å². The Morgan fingerprint density at radius 3 is 2.85 bits per heavy atom. The number of aliphatic hydroxyl groups excluding tert-OH is 1. The number of aliphatic hydroxyl groups is 1. The van der Waals surface area contributed by atoms with Gasteiger partial charge < -0.3 is 10.4 Å². The molecule has 1 aromatic carbocycles. The summed E-state index contributed by atoms with van der Waals surface area (Å²) in [5, 5.41) is 16.5. The van der Waals surface area contributed by atoms with Crippen molar-refractivity contribution in [1.82, 2.24) is 9.78 Å². The Bertz CT molecular complexity index is 603. The lowest BCUT2D eigenvalue weighted by molar-refractivity contribution is 0.269. The Kier molecular flexibility index (Phi) is 4.86. The molecule has 1 unspecified atom stereocenters. The molecule has 0 saturated carbocycles. The molecule has 0 saturated heterocycles. The van der Waals surface area contributed by atoms with Crippen LogP contribution >= 0.6 is 23.2 Å². The van der Waals surface area contributed by atoms with E-state index in [-0.39, 0.29) is 17.7 Å². The molecular weight excluding hydrogens is 304 g/mol. The number of hydrogen-bond acceptors (Lipinski definition) is 3. The van der Waals surface area contributed by atoms with Crippen LogP contribution in [0.1, 0.15) is 18.5 Å². The molecule has 1 heterocycles. The van der Waals surface area contributed by atoms with Crippen molar-refractivity contribution < 1.29 is 9.50 Å². The minimum Gasteiger partial charge on any atom is -0.394 e. The number of aromatic nitrogens is 2. The van der Waals surface area contributed by atoms with Crippen LogP contribution in [0, 0.1) is 5.82 Å². The van der Waals surface area contributed by atoms with Crippen LogP contribution in [0.5, 0.6) is 0 Å². The lowest BCUT2D eigenvalue weighted by Crippen LogP contribution is -2.07. The highest BCUT2D eigenvalue weighted by atomic mass is 35.5. The first kappa shape index (κ1) is 15.1. The van der Waals surface area contributed by atoms with Crippen molar-refractivity contribution >= 4 is 28.9 Å². The van der Waals surface area contributed by atoms with Crippen molar-refractivity contribution in [3.63, 3.8) is 0 Å². The first-order valence-electron chi connectivity index (χ1n) is 6.05. The summed E-state index contributed by atoms with van der Waals surface area (Å²) >= 11 is 11.7. The van der Waals surface area contributed by atoms with Crippen LogP contribution in [0.15, 0.2) is 24.5 Å². The molecule has 0 aliphatic heterocycles. The van der Waals surface area contributed by atoms with Gasteiger partial charge in [-0.15, -0.1) is 0 Å². The highest BCUT2D eigenvalue weighted by molar-refractivity contribution is 6.35. The van der Waals surface area contributed by atoms with Gasteiger partial charge in [-0.1, -0.05) is 23.2 Å². The Labute approximate surface area is 126 Å². The average molecular weight is 318 g/mol. The molecule has 4 nitrogen and oxygen atoms in total. The zero-order chi connectivity index (χ0) is 14.7. The molecule has 0 radical (unpaired) electrons. The fraction of sp³-hybridized carbons (Fsp3) is 0.308. The van der Waals surface area contributed by atoms with Crippen LogP contribution in [0.2, 0.25) is 10.0 Å². The molecule has 0 aliphatic rings. The van der Waals surface area contributed by atoms with Crippen molar-refractivity contribution in [2.45, 2.75) is 19.5 Å². The summed E-state index contributed by atoms with van der Waals surface area (Å²) in [5.41, 5.74) is 1.38.